The zero-order valence-electron chi connectivity index (χ0n) is 20.4. The van der Waals surface area contributed by atoms with Gasteiger partial charge in [0.2, 0.25) is 5.82 Å². The van der Waals surface area contributed by atoms with Gasteiger partial charge in [0.05, 0.1) is 19.0 Å². The van der Waals surface area contributed by atoms with Crippen LogP contribution < -0.4 is 16.2 Å². The molecule has 3 rings (SSSR count). The molecule has 0 saturated carbocycles. The van der Waals surface area contributed by atoms with Gasteiger partial charge < -0.3 is 26.4 Å². The van der Waals surface area contributed by atoms with Crippen molar-refractivity contribution in [1.82, 2.24) is 24.2 Å². The van der Waals surface area contributed by atoms with E-state index in [0.717, 1.165) is 12.8 Å². The summed E-state index contributed by atoms with van der Waals surface area (Å²) in [6.45, 7) is 1.37. The minimum Gasteiger partial charge on any atom is -0.387 e. The van der Waals surface area contributed by atoms with Gasteiger partial charge in [-0.15, -0.1) is 0 Å². The van der Waals surface area contributed by atoms with Crippen molar-refractivity contribution >= 4 is 45.0 Å². The number of fused-ring (bicyclic) bond motifs is 1. The summed E-state index contributed by atoms with van der Waals surface area (Å²) in [6, 6.07) is -1.03. The number of nitrogens with one attached hydrogen (secondary N) is 1. The molecule has 0 aromatic carbocycles. The molecule has 14 nitrogen and oxygen atoms in total. The summed E-state index contributed by atoms with van der Waals surface area (Å²) in [4.78, 5) is 24.6. The van der Waals surface area contributed by atoms with Crippen LogP contribution in [0.25, 0.3) is 11.2 Å². The Balaban J connectivity index is 1.71. The van der Waals surface area contributed by atoms with Crippen LogP contribution in [0.1, 0.15) is 44.7 Å². The summed E-state index contributed by atoms with van der Waals surface area (Å²) in [7, 11) is -4.54. The van der Waals surface area contributed by atoms with Crippen LogP contribution in [0.2, 0.25) is 0 Å². The van der Waals surface area contributed by atoms with Crippen LogP contribution in [0.4, 0.5) is 5.82 Å². The second-order valence-electron chi connectivity index (χ2n) is 8.30. The fourth-order valence-electron chi connectivity index (χ4n) is 3.44. The number of ether oxygens (including phenoxy) is 1. The fraction of sp³-hybridized carbons (Fsp3) is 0.619. The van der Waals surface area contributed by atoms with Crippen LogP contribution in [0.15, 0.2) is 6.33 Å². The standard InChI is InChI=1S/C21H31N7O7S2/c1-3-4-5-6-7-14-25-18(23)15-19(26-14)28(11-24-15)21-17(30)16(29)13(35-21)10-34-37(32,33)27-20(31)12(22)8-9-36-2/h11-13,16-17,21,29-30H,3-5,8-10,22H2,1-2H3,(H,27,31)(H2,23,25,26)/t12-,13+,16+,17+,21+/m0/s1. The Hall–Kier alpha value is -2.52. The van der Waals surface area contributed by atoms with Crippen molar-refractivity contribution in [3.05, 3.63) is 12.2 Å². The number of nitrogen functional groups attached to an aromatic ring is 1. The number of rotatable bonds is 11. The Morgan fingerprint density at radius 3 is 2.84 bits per heavy atom. The second kappa shape index (κ2) is 12.8. The summed E-state index contributed by atoms with van der Waals surface area (Å²) < 4.78 is 37.9. The number of imidazole rings is 1. The molecule has 1 fully saturated rings. The number of aliphatic hydroxyl groups excluding tert-OH is 2. The van der Waals surface area contributed by atoms with E-state index in [1.165, 1.54) is 22.7 Å². The van der Waals surface area contributed by atoms with Gasteiger partial charge in [-0.25, -0.2) is 19.7 Å². The van der Waals surface area contributed by atoms with E-state index in [2.05, 4.69) is 33.7 Å². The molecule has 1 aliphatic rings. The molecule has 5 atom stereocenters. The minimum absolute atomic E-state index is 0.0778. The van der Waals surface area contributed by atoms with Crippen molar-refractivity contribution < 1.29 is 32.3 Å². The summed E-state index contributed by atoms with van der Waals surface area (Å²) in [5.74, 6) is 5.70. The van der Waals surface area contributed by atoms with Crippen molar-refractivity contribution in [2.45, 2.75) is 63.2 Å². The number of hydrogen-bond donors (Lipinski definition) is 5. The highest BCUT2D eigenvalue weighted by atomic mass is 32.2. The number of amides is 1. The molecule has 1 aliphatic heterocycles. The summed E-state index contributed by atoms with van der Waals surface area (Å²) in [6.07, 6.45) is 0.535. The van der Waals surface area contributed by atoms with Crippen molar-refractivity contribution in [3.63, 3.8) is 0 Å². The molecule has 0 unspecified atom stereocenters. The van der Waals surface area contributed by atoms with Gasteiger partial charge in [0.25, 0.3) is 5.91 Å². The lowest BCUT2D eigenvalue weighted by Gasteiger charge is -2.17. The van der Waals surface area contributed by atoms with Crippen LogP contribution >= 0.6 is 11.8 Å². The van der Waals surface area contributed by atoms with Gasteiger partial charge in [0, 0.05) is 6.42 Å². The molecule has 2 aromatic rings. The average Bonchev–Trinajstić information content (AvgIpc) is 3.40. The predicted molar refractivity (Wildman–Crippen MR) is 136 cm³/mol. The van der Waals surface area contributed by atoms with Gasteiger partial charge in [0.15, 0.2) is 17.7 Å². The smallest absolute Gasteiger partial charge is 0.362 e. The van der Waals surface area contributed by atoms with Gasteiger partial charge >= 0.3 is 10.3 Å². The highest BCUT2D eigenvalue weighted by Crippen LogP contribution is 2.32. The first-order chi connectivity index (χ1) is 17.6. The number of aliphatic hydroxyl groups is 2. The number of carbonyl (C=O) groups is 1. The van der Waals surface area contributed by atoms with E-state index in [-0.39, 0.29) is 29.2 Å². The highest BCUT2D eigenvalue weighted by molar-refractivity contribution is 7.98. The number of aromatic nitrogens is 4. The third kappa shape index (κ3) is 7.29. The van der Waals surface area contributed by atoms with Crippen LogP contribution in [-0.4, -0.2) is 87.0 Å². The SMILES string of the molecule is CCCCC#Cc1nc(N)c2ncn([C@@H]3O[C@H](COS(=O)(=O)NC(=O)[C@@H](N)CCSC)[C@@H](O)[C@H]3O)c2n1. The lowest BCUT2D eigenvalue weighted by molar-refractivity contribution is -0.120. The molecule has 7 N–H and O–H groups in total. The van der Waals surface area contributed by atoms with E-state index in [1.54, 1.807) is 4.72 Å². The molecular formula is C21H31N7O7S2. The third-order valence-corrected chi connectivity index (χ3v) is 7.04. The van der Waals surface area contributed by atoms with E-state index < -0.39 is 53.4 Å². The first kappa shape index (κ1) is 29.0. The highest BCUT2D eigenvalue weighted by Gasteiger charge is 2.45. The molecule has 0 radical (unpaired) electrons. The van der Waals surface area contributed by atoms with Gasteiger partial charge in [0.1, 0.15) is 23.8 Å². The molecule has 3 heterocycles. The van der Waals surface area contributed by atoms with Gasteiger partial charge in [-0.3, -0.25) is 13.5 Å². The van der Waals surface area contributed by atoms with Crippen molar-refractivity contribution in [2.75, 3.05) is 24.3 Å². The van der Waals surface area contributed by atoms with Crippen molar-refractivity contribution in [2.24, 2.45) is 5.73 Å². The van der Waals surface area contributed by atoms with Crippen molar-refractivity contribution in [1.29, 1.82) is 0 Å². The summed E-state index contributed by atoms with van der Waals surface area (Å²) >= 11 is 1.46. The maximum Gasteiger partial charge on any atom is 0.362 e. The Morgan fingerprint density at radius 2 is 2.14 bits per heavy atom. The molecule has 204 valence electrons. The quantitative estimate of drug-likeness (QED) is 0.166. The molecule has 2 aromatic heterocycles. The normalized spacial score (nSPS) is 22.5. The van der Waals surface area contributed by atoms with Crippen LogP contribution in [-0.2, 0) is 24.0 Å². The van der Waals surface area contributed by atoms with E-state index in [0.29, 0.717) is 12.2 Å². The van der Waals surface area contributed by atoms with E-state index in [4.69, 9.17) is 20.4 Å². The van der Waals surface area contributed by atoms with E-state index in [9.17, 15) is 23.4 Å². The lowest BCUT2D eigenvalue weighted by Crippen LogP contribution is -2.45. The first-order valence-electron chi connectivity index (χ1n) is 11.5. The number of nitrogens with two attached hydrogens (primary N) is 2. The van der Waals surface area contributed by atoms with Crippen LogP contribution in [0.5, 0.6) is 0 Å². The topological polar surface area (TPSA) is 218 Å². The molecule has 0 spiro atoms. The lowest BCUT2D eigenvalue weighted by atomic mass is 10.1. The molecule has 1 saturated heterocycles. The predicted octanol–water partition coefficient (Wildman–Crippen LogP) is -0.973. The molecule has 1 amide bonds. The first-order valence-corrected chi connectivity index (χ1v) is 14.3. The number of hydrogen-bond acceptors (Lipinski definition) is 13. The monoisotopic (exact) mass is 557 g/mol. The molecule has 16 heteroatoms. The molecular weight excluding hydrogens is 526 g/mol. The van der Waals surface area contributed by atoms with Crippen molar-refractivity contribution in [3.8, 4) is 11.8 Å². The van der Waals surface area contributed by atoms with Gasteiger partial charge in [-0.05, 0) is 30.8 Å². The molecule has 37 heavy (non-hydrogen) atoms. The summed E-state index contributed by atoms with van der Waals surface area (Å²) in [5.41, 5.74) is 12.1. The number of nitrogens with zero attached hydrogens (tertiary/aromatic N) is 4. The Labute approximate surface area is 218 Å². The maximum atomic E-state index is 12.2. The maximum absolute atomic E-state index is 12.2. The average molecular weight is 558 g/mol. The molecule has 0 bridgehead atoms. The Bertz CT molecular complexity index is 1260. The van der Waals surface area contributed by atoms with E-state index >= 15 is 0 Å². The van der Waals surface area contributed by atoms with Gasteiger partial charge in [-0.1, -0.05) is 19.3 Å². The van der Waals surface area contributed by atoms with E-state index in [1.807, 2.05) is 6.26 Å². The minimum atomic E-state index is -4.54. The number of anilines is 1. The zero-order valence-corrected chi connectivity index (χ0v) is 22.0. The Morgan fingerprint density at radius 1 is 1.38 bits per heavy atom. The molecule has 0 aliphatic carbocycles. The largest absolute Gasteiger partial charge is 0.387 e. The Kier molecular flexibility index (Phi) is 10.1. The number of carbonyl (C=O) groups excluding carboxylic acids is 1. The summed E-state index contributed by atoms with van der Waals surface area (Å²) in [5, 5.41) is 21.1. The number of unbranched alkanes of at least 4 members (excludes halogenated alkanes) is 2. The van der Waals surface area contributed by atoms with Crippen LogP contribution in [0, 0.1) is 11.8 Å². The fourth-order valence-corrected chi connectivity index (χ4v) is 4.70. The van der Waals surface area contributed by atoms with Gasteiger partial charge in [-0.2, -0.15) is 20.2 Å². The number of thioether (sulfide) groups is 1. The third-order valence-electron chi connectivity index (χ3n) is 5.50. The van der Waals surface area contributed by atoms with Crippen LogP contribution in [0.3, 0.4) is 0 Å². The zero-order chi connectivity index (χ0) is 27.2. The second-order valence-corrected chi connectivity index (χ2v) is 10.6.